The van der Waals surface area contributed by atoms with Crippen LogP contribution in [-0.4, -0.2) is 28.1 Å². The van der Waals surface area contributed by atoms with E-state index in [0.29, 0.717) is 12.4 Å². The third kappa shape index (κ3) is 3.78. The SMILES string of the molecule is CN(Cc1cscn1)c1cc(C(=O)O)cc(C(C)(C)C)n1. The fraction of sp³-hybridized carbons (Fsp3) is 0.400. The van der Waals surface area contributed by atoms with Crippen LogP contribution >= 0.6 is 11.3 Å². The van der Waals surface area contributed by atoms with Crippen molar-refractivity contribution >= 4 is 23.1 Å². The highest BCUT2D eigenvalue weighted by Crippen LogP contribution is 2.25. The molecule has 0 spiro atoms. The predicted molar refractivity (Wildman–Crippen MR) is 84.1 cm³/mol. The number of carboxylic acid groups (broad SMARTS) is 1. The van der Waals surface area contributed by atoms with Crippen molar-refractivity contribution in [1.29, 1.82) is 0 Å². The summed E-state index contributed by atoms with van der Waals surface area (Å²) in [5.41, 5.74) is 3.55. The maximum absolute atomic E-state index is 11.3. The van der Waals surface area contributed by atoms with Crippen LogP contribution in [0.4, 0.5) is 5.82 Å². The largest absolute Gasteiger partial charge is 0.478 e. The van der Waals surface area contributed by atoms with Crippen molar-refractivity contribution in [3.63, 3.8) is 0 Å². The van der Waals surface area contributed by atoms with Crippen molar-refractivity contribution < 1.29 is 9.90 Å². The number of carbonyl (C=O) groups is 1. The molecule has 21 heavy (non-hydrogen) atoms. The van der Waals surface area contributed by atoms with Gasteiger partial charge >= 0.3 is 5.97 Å². The van der Waals surface area contributed by atoms with E-state index in [4.69, 9.17) is 0 Å². The summed E-state index contributed by atoms with van der Waals surface area (Å²) in [6.07, 6.45) is 0. The van der Waals surface area contributed by atoms with Gasteiger partial charge in [-0.1, -0.05) is 20.8 Å². The second-order valence-electron chi connectivity index (χ2n) is 5.99. The van der Waals surface area contributed by atoms with Crippen molar-refractivity contribution in [3.8, 4) is 0 Å². The monoisotopic (exact) mass is 305 g/mol. The molecule has 0 bridgehead atoms. The molecule has 0 aliphatic heterocycles. The van der Waals surface area contributed by atoms with Gasteiger partial charge in [0, 0.05) is 23.5 Å². The van der Waals surface area contributed by atoms with Gasteiger partial charge in [0.1, 0.15) is 5.82 Å². The minimum absolute atomic E-state index is 0.207. The summed E-state index contributed by atoms with van der Waals surface area (Å²) in [6, 6.07) is 3.24. The zero-order chi connectivity index (χ0) is 15.6. The van der Waals surface area contributed by atoms with E-state index in [1.807, 2.05) is 38.1 Å². The Morgan fingerprint density at radius 2 is 2.10 bits per heavy atom. The Morgan fingerprint density at radius 1 is 1.38 bits per heavy atom. The normalized spacial score (nSPS) is 11.4. The van der Waals surface area contributed by atoms with Crippen LogP contribution in [0.25, 0.3) is 0 Å². The molecule has 0 saturated carbocycles. The molecule has 0 atom stereocenters. The van der Waals surface area contributed by atoms with Crippen molar-refractivity contribution in [3.05, 3.63) is 40.0 Å². The smallest absolute Gasteiger partial charge is 0.335 e. The second kappa shape index (κ2) is 5.81. The number of hydrogen-bond acceptors (Lipinski definition) is 5. The summed E-state index contributed by atoms with van der Waals surface area (Å²) in [7, 11) is 1.89. The maximum atomic E-state index is 11.3. The molecule has 0 aliphatic carbocycles. The highest BCUT2D eigenvalue weighted by molar-refractivity contribution is 7.07. The van der Waals surface area contributed by atoms with Crippen LogP contribution in [0.3, 0.4) is 0 Å². The molecule has 0 radical (unpaired) electrons. The lowest BCUT2D eigenvalue weighted by molar-refractivity contribution is 0.0696. The predicted octanol–water partition coefficient (Wildman–Crippen LogP) is 3.17. The summed E-state index contributed by atoms with van der Waals surface area (Å²) in [5, 5.41) is 11.3. The van der Waals surface area contributed by atoms with Gasteiger partial charge in [0.15, 0.2) is 0 Å². The Kier molecular flexibility index (Phi) is 4.27. The van der Waals surface area contributed by atoms with Crippen molar-refractivity contribution in [2.45, 2.75) is 32.7 Å². The van der Waals surface area contributed by atoms with Gasteiger partial charge in [-0.25, -0.2) is 14.8 Å². The number of pyridine rings is 1. The number of aromatic carboxylic acids is 1. The summed E-state index contributed by atoms with van der Waals surface area (Å²) in [6.45, 7) is 6.66. The highest BCUT2D eigenvalue weighted by atomic mass is 32.1. The summed E-state index contributed by atoms with van der Waals surface area (Å²) < 4.78 is 0. The number of hydrogen-bond donors (Lipinski definition) is 1. The van der Waals surface area contributed by atoms with E-state index < -0.39 is 5.97 Å². The van der Waals surface area contributed by atoms with Gasteiger partial charge in [-0.05, 0) is 12.1 Å². The minimum atomic E-state index is -0.939. The molecule has 0 amide bonds. The molecule has 6 heteroatoms. The van der Waals surface area contributed by atoms with Crippen molar-refractivity contribution in [2.24, 2.45) is 0 Å². The van der Waals surface area contributed by atoms with Gasteiger partial charge in [-0.15, -0.1) is 11.3 Å². The van der Waals surface area contributed by atoms with Crippen LogP contribution in [0.5, 0.6) is 0 Å². The van der Waals surface area contributed by atoms with Crippen LogP contribution < -0.4 is 4.90 Å². The van der Waals surface area contributed by atoms with Crippen LogP contribution in [0.15, 0.2) is 23.0 Å². The van der Waals surface area contributed by atoms with E-state index in [1.165, 1.54) is 11.3 Å². The molecule has 0 fully saturated rings. The highest BCUT2D eigenvalue weighted by Gasteiger charge is 2.20. The molecule has 0 aliphatic rings. The third-order valence-electron chi connectivity index (χ3n) is 3.10. The maximum Gasteiger partial charge on any atom is 0.335 e. The number of nitrogens with zero attached hydrogens (tertiary/aromatic N) is 3. The van der Waals surface area contributed by atoms with E-state index in [-0.39, 0.29) is 11.0 Å². The summed E-state index contributed by atoms with van der Waals surface area (Å²) in [5.74, 6) is -0.293. The first-order valence-corrected chi connectivity index (χ1v) is 7.55. The van der Waals surface area contributed by atoms with Crippen LogP contribution in [0, 0.1) is 0 Å². The average Bonchev–Trinajstić information content (AvgIpc) is 2.90. The molecule has 2 rings (SSSR count). The Morgan fingerprint density at radius 3 is 2.62 bits per heavy atom. The minimum Gasteiger partial charge on any atom is -0.478 e. The Balaban J connectivity index is 2.37. The first-order chi connectivity index (χ1) is 9.77. The average molecular weight is 305 g/mol. The molecular formula is C15H19N3O2S. The van der Waals surface area contributed by atoms with Gasteiger partial charge in [0.05, 0.1) is 23.3 Å². The van der Waals surface area contributed by atoms with Crippen molar-refractivity contribution in [2.75, 3.05) is 11.9 Å². The van der Waals surface area contributed by atoms with Crippen molar-refractivity contribution in [1.82, 2.24) is 9.97 Å². The Bertz CT molecular complexity index is 633. The summed E-state index contributed by atoms with van der Waals surface area (Å²) in [4.78, 5) is 22.1. The third-order valence-corrected chi connectivity index (χ3v) is 3.74. The molecular weight excluding hydrogens is 286 g/mol. The van der Waals surface area contributed by atoms with E-state index >= 15 is 0 Å². The Labute approximate surface area is 128 Å². The number of thiazole rings is 1. The summed E-state index contributed by atoms with van der Waals surface area (Å²) >= 11 is 1.54. The topological polar surface area (TPSA) is 66.3 Å². The van der Waals surface area contributed by atoms with Crippen LogP contribution in [0.2, 0.25) is 0 Å². The van der Waals surface area contributed by atoms with Crippen LogP contribution in [0.1, 0.15) is 42.5 Å². The molecule has 2 aromatic heterocycles. The van der Waals surface area contributed by atoms with E-state index in [9.17, 15) is 9.90 Å². The number of carboxylic acids is 1. The molecule has 0 aromatic carbocycles. The van der Waals surface area contributed by atoms with Gasteiger partial charge < -0.3 is 10.0 Å². The van der Waals surface area contributed by atoms with Gasteiger partial charge in [0.25, 0.3) is 0 Å². The quantitative estimate of drug-likeness (QED) is 0.939. The first kappa shape index (κ1) is 15.4. The first-order valence-electron chi connectivity index (χ1n) is 6.61. The van der Waals surface area contributed by atoms with Crippen LogP contribution in [-0.2, 0) is 12.0 Å². The fourth-order valence-corrected chi connectivity index (χ4v) is 2.41. The van der Waals surface area contributed by atoms with Gasteiger partial charge in [-0.2, -0.15) is 0 Å². The standard InChI is InChI=1S/C15H19N3O2S/c1-15(2,3)12-5-10(14(19)20)6-13(17-12)18(4)7-11-8-21-9-16-11/h5-6,8-9H,7H2,1-4H3,(H,19,20). The molecule has 0 unspecified atom stereocenters. The lowest BCUT2D eigenvalue weighted by atomic mass is 9.90. The number of rotatable bonds is 4. The zero-order valence-corrected chi connectivity index (χ0v) is 13.4. The molecule has 2 heterocycles. The second-order valence-corrected chi connectivity index (χ2v) is 6.71. The molecule has 1 N–H and O–H groups in total. The van der Waals surface area contributed by atoms with Gasteiger partial charge in [0.2, 0.25) is 0 Å². The fourth-order valence-electron chi connectivity index (χ4n) is 1.86. The lowest BCUT2D eigenvalue weighted by Gasteiger charge is -2.23. The molecule has 112 valence electrons. The lowest BCUT2D eigenvalue weighted by Crippen LogP contribution is -2.22. The molecule has 5 nitrogen and oxygen atoms in total. The van der Waals surface area contributed by atoms with E-state index in [0.717, 1.165) is 11.4 Å². The number of aromatic nitrogens is 2. The molecule has 2 aromatic rings. The van der Waals surface area contributed by atoms with Gasteiger partial charge in [-0.3, -0.25) is 0 Å². The Hall–Kier alpha value is -1.95. The molecule has 0 saturated heterocycles. The van der Waals surface area contributed by atoms with E-state index in [1.54, 1.807) is 17.6 Å². The zero-order valence-electron chi connectivity index (χ0n) is 12.6. The number of anilines is 1. The van der Waals surface area contributed by atoms with E-state index in [2.05, 4.69) is 9.97 Å².